The van der Waals surface area contributed by atoms with Gasteiger partial charge >= 0.3 is 5.97 Å². The lowest BCUT2D eigenvalue weighted by Gasteiger charge is -2.24. The third-order valence-electron chi connectivity index (χ3n) is 10.6. The molecule has 3 unspecified atom stereocenters. The van der Waals surface area contributed by atoms with Gasteiger partial charge in [0, 0.05) is 6.42 Å². The minimum Gasteiger partial charge on any atom is -0.462 e. The van der Waals surface area contributed by atoms with Crippen molar-refractivity contribution in [1.29, 1.82) is 0 Å². The second kappa shape index (κ2) is 44.7. The van der Waals surface area contributed by atoms with E-state index in [1.807, 2.05) is 0 Å². The zero-order chi connectivity index (χ0) is 41.7. The van der Waals surface area contributed by atoms with Crippen LogP contribution in [0.25, 0.3) is 0 Å². The van der Waals surface area contributed by atoms with Crippen molar-refractivity contribution in [3.8, 4) is 0 Å². The third kappa shape index (κ3) is 40.1. The van der Waals surface area contributed by atoms with Crippen LogP contribution in [-0.4, -0.2) is 46.9 Å². The Morgan fingerprint density at radius 1 is 0.526 bits per heavy atom. The molecular formula is C51H91NO5. The van der Waals surface area contributed by atoms with E-state index in [-0.39, 0.29) is 24.9 Å². The van der Waals surface area contributed by atoms with Crippen molar-refractivity contribution in [1.82, 2.24) is 5.32 Å². The fourth-order valence-corrected chi connectivity index (χ4v) is 6.99. The molecule has 1 amide bonds. The van der Waals surface area contributed by atoms with Crippen LogP contribution in [0.15, 0.2) is 60.8 Å². The first-order valence-corrected chi connectivity index (χ1v) is 24.0. The normalized spacial score (nSPS) is 13.8. The SMILES string of the molecule is CC/C=C\C/C=C\C/C=C\C/C=C\C/C=C\CCCCCC(=O)OC(CCCCCCCCCC)CC(=O)NC(CO)C(O)CCCCCCCCCCCCC. The van der Waals surface area contributed by atoms with Gasteiger partial charge in [-0.15, -0.1) is 0 Å². The maximum Gasteiger partial charge on any atom is 0.306 e. The van der Waals surface area contributed by atoms with E-state index in [0.29, 0.717) is 19.3 Å². The highest BCUT2D eigenvalue weighted by molar-refractivity contribution is 5.77. The molecule has 3 N–H and O–H groups in total. The molecule has 0 aromatic carbocycles. The van der Waals surface area contributed by atoms with Crippen LogP contribution in [0.4, 0.5) is 0 Å². The zero-order valence-corrected chi connectivity index (χ0v) is 37.5. The first-order chi connectivity index (χ1) is 28.0. The van der Waals surface area contributed by atoms with Crippen LogP contribution >= 0.6 is 0 Å². The summed E-state index contributed by atoms with van der Waals surface area (Å²) in [5.41, 5.74) is 0. The van der Waals surface area contributed by atoms with E-state index in [2.05, 4.69) is 86.8 Å². The molecule has 0 saturated heterocycles. The lowest BCUT2D eigenvalue weighted by atomic mass is 10.0. The molecule has 0 fully saturated rings. The molecule has 0 aromatic heterocycles. The van der Waals surface area contributed by atoms with Gasteiger partial charge in [-0.05, 0) is 70.6 Å². The molecule has 6 heteroatoms. The average Bonchev–Trinajstić information content (AvgIpc) is 3.20. The number of aliphatic hydroxyl groups is 2. The van der Waals surface area contributed by atoms with Crippen LogP contribution in [0.1, 0.15) is 226 Å². The Kier molecular flexibility index (Phi) is 42.7. The number of ether oxygens (including phenoxy) is 1. The van der Waals surface area contributed by atoms with Gasteiger partial charge in [-0.3, -0.25) is 9.59 Å². The second-order valence-electron chi connectivity index (χ2n) is 16.1. The van der Waals surface area contributed by atoms with Gasteiger partial charge in [0.05, 0.1) is 25.2 Å². The lowest BCUT2D eigenvalue weighted by molar-refractivity contribution is -0.151. The Balaban J connectivity index is 4.51. The van der Waals surface area contributed by atoms with Crippen molar-refractivity contribution in [2.24, 2.45) is 0 Å². The Morgan fingerprint density at radius 3 is 1.42 bits per heavy atom. The number of amides is 1. The maximum absolute atomic E-state index is 13.1. The molecule has 0 bridgehead atoms. The average molecular weight is 798 g/mol. The molecule has 0 rings (SSSR count). The predicted octanol–water partition coefficient (Wildman–Crippen LogP) is 14.1. The Morgan fingerprint density at radius 2 is 0.947 bits per heavy atom. The highest BCUT2D eigenvalue weighted by Crippen LogP contribution is 2.17. The number of rotatable bonds is 42. The third-order valence-corrected chi connectivity index (χ3v) is 10.6. The molecular weight excluding hydrogens is 707 g/mol. The van der Waals surface area contributed by atoms with Crippen LogP contribution in [0.3, 0.4) is 0 Å². The van der Waals surface area contributed by atoms with Crippen molar-refractivity contribution >= 4 is 11.9 Å². The van der Waals surface area contributed by atoms with E-state index in [9.17, 15) is 19.8 Å². The zero-order valence-electron chi connectivity index (χ0n) is 37.5. The quantitative estimate of drug-likeness (QED) is 0.0325. The van der Waals surface area contributed by atoms with Crippen molar-refractivity contribution in [3.63, 3.8) is 0 Å². The number of nitrogens with one attached hydrogen (secondary N) is 1. The van der Waals surface area contributed by atoms with Crippen LogP contribution < -0.4 is 5.32 Å². The number of unbranched alkanes of at least 4 members (excludes halogenated alkanes) is 20. The van der Waals surface area contributed by atoms with E-state index in [1.165, 1.54) is 83.5 Å². The molecule has 3 atom stereocenters. The van der Waals surface area contributed by atoms with E-state index in [1.54, 1.807) is 0 Å². The van der Waals surface area contributed by atoms with Crippen LogP contribution in [0, 0.1) is 0 Å². The van der Waals surface area contributed by atoms with E-state index in [4.69, 9.17) is 4.74 Å². The Hall–Kier alpha value is -2.44. The summed E-state index contributed by atoms with van der Waals surface area (Å²) in [6.07, 6.45) is 54.3. The standard InChI is InChI=1S/C51H91NO5/c1-4-7-10-13-16-19-21-22-23-24-25-26-27-28-30-32-35-38-41-44-51(56)57-47(42-39-36-33-18-15-12-9-6-3)45-50(55)52-48(46-53)49(54)43-40-37-34-31-29-20-17-14-11-8-5-2/h7,10,16,19,22-23,25-26,28,30,47-49,53-54H,4-6,8-9,11-15,17-18,20-21,24,27,29,31-46H2,1-3H3,(H,52,55)/b10-7-,19-16-,23-22-,26-25-,30-28-. The van der Waals surface area contributed by atoms with E-state index >= 15 is 0 Å². The van der Waals surface area contributed by atoms with Crippen LogP contribution in [0.2, 0.25) is 0 Å². The summed E-state index contributed by atoms with van der Waals surface area (Å²) in [6.45, 7) is 6.32. The van der Waals surface area contributed by atoms with Gasteiger partial charge in [-0.1, -0.05) is 204 Å². The topological polar surface area (TPSA) is 95.9 Å². The number of allylic oxidation sites excluding steroid dienone is 10. The van der Waals surface area contributed by atoms with Crippen molar-refractivity contribution in [2.75, 3.05) is 6.61 Å². The first-order valence-electron chi connectivity index (χ1n) is 24.0. The fraction of sp³-hybridized carbons (Fsp3) is 0.765. The molecule has 57 heavy (non-hydrogen) atoms. The molecule has 0 heterocycles. The maximum atomic E-state index is 13.1. The minimum absolute atomic E-state index is 0.0635. The highest BCUT2D eigenvalue weighted by atomic mass is 16.5. The van der Waals surface area contributed by atoms with Gasteiger partial charge in [-0.2, -0.15) is 0 Å². The van der Waals surface area contributed by atoms with E-state index < -0.39 is 18.2 Å². The molecule has 0 radical (unpaired) electrons. The van der Waals surface area contributed by atoms with Gasteiger partial charge in [-0.25, -0.2) is 0 Å². The van der Waals surface area contributed by atoms with Gasteiger partial charge in [0.25, 0.3) is 0 Å². The molecule has 0 saturated carbocycles. The molecule has 330 valence electrons. The van der Waals surface area contributed by atoms with Gasteiger partial charge in [0.15, 0.2) is 0 Å². The Bertz CT molecular complexity index is 1030. The molecule has 0 spiro atoms. The molecule has 0 aromatic rings. The molecule has 0 aliphatic heterocycles. The number of carbonyl (C=O) groups excluding carboxylic acids is 2. The van der Waals surface area contributed by atoms with Crippen molar-refractivity contribution < 1.29 is 24.5 Å². The summed E-state index contributed by atoms with van der Waals surface area (Å²) in [4.78, 5) is 26.0. The monoisotopic (exact) mass is 798 g/mol. The summed E-state index contributed by atoms with van der Waals surface area (Å²) >= 11 is 0. The van der Waals surface area contributed by atoms with Gasteiger partial charge < -0.3 is 20.3 Å². The van der Waals surface area contributed by atoms with E-state index in [0.717, 1.165) is 96.3 Å². The number of hydrogen-bond acceptors (Lipinski definition) is 5. The largest absolute Gasteiger partial charge is 0.462 e. The number of aliphatic hydroxyl groups excluding tert-OH is 2. The molecule has 0 aliphatic rings. The first kappa shape index (κ1) is 54.6. The number of esters is 1. The molecule has 6 nitrogen and oxygen atoms in total. The second-order valence-corrected chi connectivity index (χ2v) is 16.1. The summed E-state index contributed by atoms with van der Waals surface area (Å²) in [5.74, 6) is -0.515. The highest BCUT2D eigenvalue weighted by Gasteiger charge is 2.24. The lowest BCUT2D eigenvalue weighted by Crippen LogP contribution is -2.46. The Labute approximate surface area is 352 Å². The smallest absolute Gasteiger partial charge is 0.306 e. The fourth-order valence-electron chi connectivity index (χ4n) is 6.99. The summed E-state index contributed by atoms with van der Waals surface area (Å²) < 4.78 is 5.88. The number of carbonyl (C=O) groups is 2. The summed E-state index contributed by atoms with van der Waals surface area (Å²) in [6, 6.07) is -0.706. The summed E-state index contributed by atoms with van der Waals surface area (Å²) in [5, 5.41) is 23.6. The van der Waals surface area contributed by atoms with Gasteiger partial charge in [0.1, 0.15) is 6.10 Å². The minimum atomic E-state index is -0.791. The summed E-state index contributed by atoms with van der Waals surface area (Å²) in [7, 11) is 0. The van der Waals surface area contributed by atoms with Gasteiger partial charge in [0.2, 0.25) is 5.91 Å². The van der Waals surface area contributed by atoms with Crippen LogP contribution in [0.5, 0.6) is 0 Å². The van der Waals surface area contributed by atoms with Crippen molar-refractivity contribution in [2.45, 2.75) is 244 Å². The van der Waals surface area contributed by atoms with Crippen LogP contribution in [-0.2, 0) is 14.3 Å². The molecule has 0 aliphatic carbocycles. The number of hydrogen-bond donors (Lipinski definition) is 3. The predicted molar refractivity (Wildman–Crippen MR) is 245 cm³/mol. The van der Waals surface area contributed by atoms with Crippen molar-refractivity contribution in [3.05, 3.63) is 60.8 Å².